The van der Waals surface area contributed by atoms with E-state index in [2.05, 4.69) is 65.0 Å². The van der Waals surface area contributed by atoms with Gasteiger partial charge in [0.1, 0.15) is 0 Å². The second-order valence-electron chi connectivity index (χ2n) is 5.64. The predicted octanol–water partition coefficient (Wildman–Crippen LogP) is 5.27. The van der Waals surface area contributed by atoms with Gasteiger partial charge >= 0.3 is 0 Å². The first-order valence-electron chi connectivity index (χ1n) is 7.80. The van der Waals surface area contributed by atoms with E-state index < -0.39 is 0 Å². The molecule has 0 spiro atoms. The first-order chi connectivity index (χ1) is 10.9. The molecule has 0 bridgehead atoms. The van der Waals surface area contributed by atoms with Crippen LogP contribution in [-0.2, 0) is 6.54 Å². The number of nitrogens with zero attached hydrogens (tertiary/aromatic N) is 2. The van der Waals surface area contributed by atoms with Crippen LogP contribution in [-0.4, -0.2) is 9.55 Å². The maximum Gasteiger partial charge on any atom is 0.0491 e. The average Bonchev–Trinajstić information content (AvgIpc) is 2.90. The first kappa shape index (κ1) is 13.1. The highest BCUT2D eigenvalue weighted by atomic mass is 15.0. The zero-order chi connectivity index (χ0) is 14.9. The fourth-order valence-corrected chi connectivity index (χ4v) is 3.23. The highest BCUT2D eigenvalue weighted by Gasteiger charge is 2.10. The summed E-state index contributed by atoms with van der Waals surface area (Å²) in [5.41, 5.74) is 5.02. The third-order valence-electron chi connectivity index (χ3n) is 4.21. The summed E-state index contributed by atoms with van der Waals surface area (Å²) in [4.78, 5) is 4.23. The van der Waals surface area contributed by atoms with E-state index >= 15 is 0 Å². The van der Waals surface area contributed by atoms with Crippen molar-refractivity contribution in [3.63, 3.8) is 0 Å². The van der Waals surface area contributed by atoms with Gasteiger partial charge in [-0.15, -0.1) is 0 Å². The van der Waals surface area contributed by atoms with Gasteiger partial charge in [0, 0.05) is 46.3 Å². The van der Waals surface area contributed by atoms with Crippen LogP contribution in [0.5, 0.6) is 0 Å². The number of aryl methyl sites for hydroxylation is 1. The molecule has 2 aromatic carbocycles. The van der Waals surface area contributed by atoms with Crippen LogP contribution in [0.1, 0.15) is 13.3 Å². The van der Waals surface area contributed by atoms with Crippen LogP contribution in [0, 0.1) is 0 Å². The Morgan fingerprint density at radius 1 is 0.864 bits per heavy atom. The van der Waals surface area contributed by atoms with Gasteiger partial charge < -0.3 is 4.57 Å². The second-order valence-corrected chi connectivity index (χ2v) is 5.64. The number of hydrogen-bond acceptors (Lipinski definition) is 1. The third-order valence-corrected chi connectivity index (χ3v) is 4.21. The van der Waals surface area contributed by atoms with Crippen LogP contribution in [0.25, 0.3) is 32.9 Å². The Morgan fingerprint density at radius 3 is 2.55 bits per heavy atom. The largest absolute Gasteiger partial charge is 0.340 e. The number of aromatic nitrogens is 2. The fourth-order valence-electron chi connectivity index (χ4n) is 3.23. The van der Waals surface area contributed by atoms with Crippen molar-refractivity contribution in [1.29, 1.82) is 0 Å². The van der Waals surface area contributed by atoms with E-state index in [1.165, 1.54) is 27.4 Å². The van der Waals surface area contributed by atoms with Gasteiger partial charge in [-0.25, -0.2) is 0 Å². The Labute approximate surface area is 130 Å². The molecule has 0 saturated heterocycles. The molecule has 0 N–H and O–H groups in total. The molecule has 0 amide bonds. The maximum atomic E-state index is 4.23. The SMILES string of the molecule is CCCn1c2ccccc2c2cc(-c3cccnc3)ccc21. The van der Waals surface area contributed by atoms with Gasteiger partial charge in [-0.2, -0.15) is 0 Å². The van der Waals surface area contributed by atoms with Crippen LogP contribution in [0.15, 0.2) is 67.0 Å². The Kier molecular flexibility index (Phi) is 3.15. The summed E-state index contributed by atoms with van der Waals surface area (Å²) in [6, 6.07) is 19.5. The number of rotatable bonds is 3. The number of benzene rings is 2. The van der Waals surface area contributed by atoms with E-state index in [1.54, 1.807) is 0 Å². The topological polar surface area (TPSA) is 17.8 Å². The van der Waals surface area contributed by atoms with E-state index in [9.17, 15) is 0 Å². The van der Waals surface area contributed by atoms with Crippen molar-refractivity contribution in [3.8, 4) is 11.1 Å². The van der Waals surface area contributed by atoms with Crippen LogP contribution in [0.4, 0.5) is 0 Å². The Balaban J connectivity index is 2.02. The minimum Gasteiger partial charge on any atom is -0.340 e. The fraction of sp³-hybridized carbons (Fsp3) is 0.150. The molecule has 0 aliphatic heterocycles. The molecule has 4 rings (SSSR count). The molecule has 2 nitrogen and oxygen atoms in total. The summed E-state index contributed by atoms with van der Waals surface area (Å²) >= 11 is 0. The molecule has 22 heavy (non-hydrogen) atoms. The van der Waals surface area contributed by atoms with Gasteiger partial charge in [0.25, 0.3) is 0 Å². The van der Waals surface area contributed by atoms with E-state index in [0.29, 0.717) is 0 Å². The van der Waals surface area contributed by atoms with E-state index in [0.717, 1.165) is 18.5 Å². The number of fused-ring (bicyclic) bond motifs is 3. The molecule has 108 valence electrons. The lowest BCUT2D eigenvalue weighted by Crippen LogP contribution is -1.95. The van der Waals surface area contributed by atoms with Crippen LogP contribution < -0.4 is 0 Å². The highest BCUT2D eigenvalue weighted by molar-refractivity contribution is 6.09. The summed E-state index contributed by atoms with van der Waals surface area (Å²) in [6.45, 7) is 3.28. The molecular weight excluding hydrogens is 268 g/mol. The molecule has 0 aliphatic carbocycles. The quantitative estimate of drug-likeness (QED) is 0.502. The van der Waals surface area contributed by atoms with E-state index in [4.69, 9.17) is 0 Å². The zero-order valence-corrected chi connectivity index (χ0v) is 12.7. The van der Waals surface area contributed by atoms with E-state index in [1.807, 2.05) is 18.5 Å². The van der Waals surface area contributed by atoms with Gasteiger partial charge in [0.15, 0.2) is 0 Å². The number of pyridine rings is 1. The molecule has 0 radical (unpaired) electrons. The molecule has 2 heterocycles. The second kappa shape index (κ2) is 5.30. The van der Waals surface area contributed by atoms with Crippen molar-refractivity contribution in [3.05, 3.63) is 67.0 Å². The van der Waals surface area contributed by atoms with Crippen molar-refractivity contribution in [2.45, 2.75) is 19.9 Å². The standard InChI is InChI=1S/C20H18N2/c1-2-12-22-19-8-4-3-7-17(19)18-13-15(9-10-20(18)22)16-6-5-11-21-14-16/h3-11,13-14H,2,12H2,1H3. The minimum atomic E-state index is 1.05. The Bertz CT molecular complexity index is 936. The van der Waals surface area contributed by atoms with Gasteiger partial charge in [0.05, 0.1) is 0 Å². The molecule has 2 heteroatoms. The molecule has 0 aliphatic rings. The summed E-state index contributed by atoms with van der Waals surface area (Å²) in [6.07, 6.45) is 4.87. The summed E-state index contributed by atoms with van der Waals surface area (Å²) in [5, 5.41) is 2.65. The number of hydrogen-bond donors (Lipinski definition) is 0. The Morgan fingerprint density at radius 2 is 1.73 bits per heavy atom. The van der Waals surface area contributed by atoms with Crippen LogP contribution >= 0.6 is 0 Å². The minimum absolute atomic E-state index is 1.05. The van der Waals surface area contributed by atoms with Crippen molar-refractivity contribution in [1.82, 2.24) is 9.55 Å². The Hall–Kier alpha value is -2.61. The maximum absolute atomic E-state index is 4.23. The molecule has 4 aromatic rings. The van der Waals surface area contributed by atoms with Crippen molar-refractivity contribution < 1.29 is 0 Å². The highest BCUT2D eigenvalue weighted by Crippen LogP contribution is 2.32. The number of para-hydroxylation sites is 1. The average molecular weight is 286 g/mol. The van der Waals surface area contributed by atoms with Gasteiger partial charge in [-0.1, -0.05) is 37.3 Å². The predicted molar refractivity (Wildman–Crippen MR) is 93.0 cm³/mol. The lowest BCUT2D eigenvalue weighted by molar-refractivity contribution is 0.724. The molecule has 0 atom stereocenters. The van der Waals surface area contributed by atoms with Gasteiger partial charge in [-0.3, -0.25) is 4.98 Å². The third kappa shape index (κ3) is 2.00. The molecular formula is C20H18N2. The zero-order valence-electron chi connectivity index (χ0n) is 12.7. The summed E-state index contributed by atoms with van der Waals surface area (Å²) in [7, 11) is 0. The molecule has 0 saturated carbocycles. The van der Waals surface area contributed by atoms with Gasteiger partial charge in [0.2, 0.25) is 0 Å². The summed E-state index contributed by atoms with van der Waals surface area (Å²) < 4.78 is 2.43. The smallest absolute Gasteiger partial charge is 0.0491 e. The van der Waals surface area contributed by atoms with Crippen LogP contribution in [0.2, 0.25) is 0 Å². The van der Waals surface area contributed by atoms with E-state index in [-0.39, 0.29) is 0 Å². The van der Waals surface area contributed by atoms with Crippen molar-refractivity contribution >= 4 is 21.8 Å². The molecule has 0 fully saturated rings. The van der Waals surface area contributed by atoms with Crippen LogP contribution in [0.3, 0.4) is 0 Å². The normalized spacial score (nSPS) is 11.3. The van der Waals surface area contributed by atoms with Crippen molar-refractivity contribution in [2.24, 2.45) is 0 Å². The van der Waals surface area contributed by atoms with Gasteiger partial charge in [-0.05, 0) is 36.2 Å². The first-order valence-corrected chi connectivity index (χ1v) is 7.80. The lowest BCUT2D eigenvalue weighted by Gasteiger charge is -2.06. The lowest BCUT2D eigenvalue weighted by atomic mass is 10.0. The molecule has 2 aromatic heterocycles. The molecule has 0 unspecified atom stereocenters. The monoisotopic (exact) mass is 286 g/mol. The van der Waals surface area contributed by atoms with Crippen molar-refractivity contribution in [2.75, 3.05) is 0 Å². The summed E-state index contributed by atoms with van der Waals surface area (Å²) in [5.74, 6) is 0.